The van der Waals surface area contributed by atoms with E-state index in [1.165, 1.54) is 4.90 Å². The molecule has 1 aliphatic rings. The number of piperidine rings is 1. The lowest BCUT2D eigenvalue weighted by molar-refractivity contribution is -0.143. The Labute approximate surface area is 179 Å². The van der Waals surface area contributed by atoms with Crippen molar-refractivity contribution in [2.45, 2.75) is 43.7 Å². The molecule has 2 atom stereocenters. The lowest BCUT2D eigenvalue weighted by atomic mass is 9.91. The summed E-state index contributed by atoms with van der Waals surface area (Å²) in [7, 11) is 0. The molecule has 32 heavy (non-hydrogen) atoms. The zero-order chi connectivity index (χ0) is 23.5. The summed E-state index contributed by atoms with van der Waals surface area (Å²) in [6.45, 7) is 0.0393. The molecular weight excluding hydrogens is 438 g/mol. The van der Waals surface area contributed by atoms with Crippen LogP contribution in [0.15, 0.2) is 53.6 Å². The largest absolute Gasteiger partial charge is 0.416 e. The number of hydrogen-bond donors (Lipinski definition) is 0. The summed E-state index contributed by atoms with van der Waals surface area (Å²) in [5, 5.41) is 3.68. The molecule has 0 saturated carbocycles. The van der Waals surface area contributed by atoms with E-state index in [9.17, 15) is 31.1 Å². The highest BCUT2D eigenvalue weighted by Gasteiger charge is 2.39. The highest BCUT2D eigenvalue weighted by Crippen LogP contribution is 2.37. The van der Waals surface area contributed by atoms with Gasteiger partial charge in [-0.25, -0.2) is 0 Å². The molecule has 5 nitrogen and oxygen atoms in total. The molecule has 0 bridgehead atoms. The summed E-state index contributed by atoms with van der Waals surface area (Å²) in [4.78, 5) is 17.2. The zero-order valence-electron chi connectivity index (χ0n) is 16.6. The first-order valence-electron chi connectivity index (χ1n) is 9.67. The van der Waals surface area contributed by atoms with Crippen molar-refractivity contribution in [1.29, 1.82) is 0 Å². The van der Waals surface area contributed by atoms with Gasteiger partial charge in [0.1, 0.15) is 0 Å². The molecule has 0 N–H and O–H groups in total. The van der Waals surface area contributed by atoms with E-state index < -0.39 is 47.0 Å². The van der Waals surface area contributed by atoms with Gasteiger partial charge in [0.25, 0.3) is 5.91 Å². The average Bonchev–Trinajstić information content (AvgIpc) is 2.73. The molecule has 0 aliphatic carbocycles. The van der Waals surface area contributed by atoms with Crippen molar-refractivity contribution in [3.8, 4) is 0 Å². The van der Waals surface area contributed by atoms with Crippen LogP contribution >= 0.6 is 0 Å². The number of carbonyl (C=O) groups excluding carboxylic acids is 1. The standard InChI is InChI=1S/C21H18F6N4O/c22-20(23,24)15-9-14(10-16(11-15)21(25,26)27)19(32)31-7-6-17(29-30-28)12-18(31)8-13-4-2-1-3-5-13/h1-5,9-11,17-18H,6-8,12H2/t17?,18-/m1/s1. The van der Waals surface area contributed by atoms with Gasteiger partial charge in [-0.1, -0.05) is 35.4 Å². The lowest BCUT2D eigenvalue weighted by Gasteiger charge is -2.38. The van der Waals surface area contributed by atoms with E-state index in [2.05, 4.69) is 10.0 Å². The van der Waals surface area contributed by atoms with Crippen LogP contribution in [0.3, 0.4) is 0 Å². The van der Waals surface area contributed by atoms with Crippen LogP contribution < -0.4 is 0 Å². The second-order valence-corrected chi connectivity index (χ2v) is 7.52. The van der Waals surface area contributed by atoms with E-state index in [-0.39, 0.29) is 25.5 Å². The number of carbonyl (C=O) groups is 1. The van der Waals surface area contributed by atoms with Crippen LogP contribution in [0, 0.1) is 0 Å². The normalized spacial score (nSPS) is 19.4. The molecule has 3 rings (SSSR count). The molecule has 0 radical (unpaired) electrons. The number of nitrogens with zero attached hydrogens (tertiary/aromatic N) is 4. The second-order valence-electron chi connectivity index (χ2n) is 7.52. The molecule has 1 unspecified atom stereocenters. The number of benzene rings is 2. The van der Waals surface area contributed by atoms with Crippen molar-refractivity contribution in [2.75, 3.05) is 6.54 Å². The molecule has 1 saturated heterocycles. The van der Waals surface area contributed by atoms with Crippen molar-refractivity contribution < 1.29 is 31.1 Å². The highest BCUT2D eigenvalue weighted by molar-refractivity contribution is 5.95. The summed E-state index contributed by atoms with van der Waals surface area (Å²) in [5.74, 6) is -0.929. The molecule has 0 spiro atoms. The number of rotatable bonds is 4. The first kappa shape index (κ1) is 23.5. The average molecular weight is 456 g/mol. The third-order valence-electron chi connectivity index (χ3n) is 5.31. The first-order valence-corrected chi connectivity index (χ1v) is 9.67. The molecule has 2 aromatic carbocycles. The Morgan fingerprint density at radius 1 is 1.03 bits per heavy atom. The summed E-state index contributed by atoms with van der Waals surface area (Å²) >= 11 is 0. The van der Waals surface area contributed by atoms with Crippen LogP contribution in [-0.4, -0.2) is 29.4 Å². The Balaban J connectivity index is 1.98. The fraction of sp³-hybridized carbons (Fsp3) is 0.381. The maximum Gasteiger partial charge on any atom is 0.416 e. The van der Waals surface area contributed by atoms with Gasteiger partial charge in [-0.3, -0.25) is 4.79 Å². The molecule has 170 valence electrons. The Morgan fingerprint density at radius 2 is 1.62 bits per heavy atom. The molecule has 0 aromatic heterocycles. The van der Waals surface area contributed by atoms with E-state index in [1.807, 2.05) is 0 Å². The van der Waals surface area contributed by atoms with E-state index >= 15 is 0 Å². The number of halogens is 6. The monoisotopic (exact) mass is 456 g/mol. The maximum absolute atomic E-state index is 13.2. The topological polar surface area (TPSA) is 69.1 Å². The van der Waals surface area contributed by atoms with Crippen LogP contribution in [0.1, 0.15) is 39.9 Å². The van der Waals surface area contributed by atoms with Crippen LogP contribution in [0.5, 0.6) is 0 Å². The zero-order valence-corrected chi connectivity index (χ0v) is 16.6. The number of alkyl halides is 6. The van der Waals surface area contributed by atoms with Gasteiger partial charge < -0.3 is 4.90 Å². The number of azide groups is 1. The predicted octanol–water partition coefficient (Wildman–Crippen LogP) is 6.25. The minimum Gasteiger partial charge on any atom is -0.335 e. The third-order valence-corrected chi connectivity index (χ3v) is 5.31. The minimum atomic E-state index is -5.05. The number of amides is 1. The molecule has 1 heterocycles. The molecule has 1 aliphatic heterocycles. The Kier molecular flexibility index (Phi) is 6.68. The summed E-state index contributed by atoms with van der Waals surface area (Å²) in [6.07, 6.45) is -9.28. The Bertz CT molecular complexity index is 983. The van der Waals surface area contributed by atoms with Gasteiger partial charge in [-0.15, -0.1) is 0 Å². The number of likely N-dealkylation sites (tertiary alicyclic amines) is 1. The molecular formula is C21H18F6N4O. The second kappa shape index (κ2) is 9.12. The van der Waals surface area contributed by atoms with Crippen molar-refractivity contribution in [3.63, 3.8) is 0 Å². The van der Waals surface area contributed by atoms with Gasteiger partial charge in [0.05, 0.1) is 11.1 Å². The number of hydrogen-bond acceptors (Lipinski definition) is 2. The fourth-order valence-corrected chi connectivity index (χ4v) is 3.80. The quantitative estimate of drug-likeness (QED) is 0.232. The van der Waals surface area contributed by atoms with Crippen molar-refractivity contribution in [1.82, 2.24) is 4.90 Å². The summed E-state index contributed by atoms with van der Waals surface area (Å²) in [6, 6.07) is 8.83. The van der Waals surface area contributed by atoms with E-state index in [0.29, 0.717) is 18.6 Å². The van der Waals surface area contributed by atoms with E-state index in [0.717, 1.165) is 5.56 Å². The Morgan fingerprint density at radius 3 is 2.16 bits per heavy atom. The smallest absolute Gasteiger partial charge is 0.335 e. The van der Waals surface area contributed by atoms with Crippen LogP contribution in [0.4, 0.5) is 26.3 Å². The van der Waals surface area contributed by atoms with Crippen molar-refractivity contribution >= 4 is 5.91 Å². The summed E-state index contributed by atoms with van der Waals surface area (Å²) < 4.78 is 79.2. The van der Waals surface area contributed by atoms with Crippen LogP contribution in [0.25, 0.3) is 10.4 Å². The van der Waals surface area contributed by atoms with Gasteiger partial charge in [0.2, 0.25) is 0 Å². The fourth-order valence-electron chi connectivity index (χ4n) is 3.80. The van der Waals surface area contributed by atoms with Crippen LogP contribution in [0.2, 0.25) is 0 Å². The van der Waals surface area contributed by atoms with Crippen molar-refractivity contribution in [3.05, 3.63) is 81.2 Å². The molecule has 1 fully saturated rings. The van der Waals surface area contributed by atoms with Gasteiger partial charge in [0, 0.05) is 29.1 Å². The summed E-state index contributed by atoms with van der Waals surface area (Å²) in [5.41, 5.74) is 5.78. The first-order chi connectivity index (χ1) is 15.0. The van der Waals surface area contributed by atoms with Crippen molar-refractivity contribution in [2.24, 2.45) is 5.11 Å². The van der Waals surface area contributed by atoms with Gasteiger partial charge >= 0.3 is 12.4 Å². The lowest BCUT2D eigenvalue weighted by Crippen LogP contribution is -2.48. The minimum absolute atomic E-state index is 0.00784. The van der Waals surface area contributed by atoms with Gasteiger partial charge in [0.15, 0.2) is 0 Å². The van der Waals surface area contributed by atoms with Gasteiger partial charge in [-0.2, -0.15) is 26.3 Å². The predicted molar refractivity (Wildman–Crippen MR) is 104 cm³/mol. The maximum atomic E-state index is 13.2. The van der Waals surface area contributed by atoms with E-state index in [1.54, 1.807) is 30.3 Å². The van der Waals surface area contributed by atoms with Crippen LogP contribution in [-0.2, 0) is 18.8 Å². The van der Waals surface area contributed by atoms with E-state index in [4.69, 9.17) is 5.53 Å². The molecule has 1 amide bonds. The SMILES string of the molecule is [N-]=[N+]=NC1CCN(C(=O)c2cc(C(F)(F)F)cc(C(F)(F)F)c2)[C@H](Cc2ccccc2)C1. The highest BCUT2D eigenvalue weighted by atomic mass is 19.4. The molecule has 2 aromatic rings. The Hall–Kier alpha value is -3.20. The third kappa shape index (κ3) is 5.53. The molecule has 11 heteroatoms. The van der Waals surface area contributed by atoms with Gasteiger partial charge in [-0.05, 0) is 48.6 Å².